The highest BCUT2D eigenvalue weighted by Crippen LogP contribution is 2.28. The van der Waals surface area contributed by atoms with Gasteiger partial charge in [0.1, 0.15) is 5.75 Å². The van der Waals surface area contributed by atoms with Gasteiger partial charge in [-0.3, -0.25) is 9.48 Å². The molecule has 0 aliphatic carbocycles. The Balaban J connectivity index is 1.53. The zero-order valence-electron chi connectivity index (χ0n) is 17.9. The van der Waals surface area contributed by atoms with E-state index < -0.39 is 0 Å². The van der Waals surface area contributed by atoms with Crippen LogP contribution in [0.2, 0.25) is 0 Å². The number of nitrogens with zero attached hydrogens (tertiary/aromatic N) is 4. The maximum Gasteiger partial charge on any atom is 0.322 e. The Morgan fingerprint density at radius 2 is 1.87 bits per heavy atom. The number of piperidine rings is 1. The van der Waals surface area contributed by atoms with E-state index in [1.54, 1.807) is 16.7 Å². The van der Waals surface area contributed by atoms with Crippen molar-refractivity contribution in [2.45, 2.75) is 39.2 Å². The Morgan fingerprint density at radius 1 is 1.10 bits per heavy atom. The summed E-state index contributed by atoms with van der Waals surface area (Å²) in [7, 11) is 3.46. The second-order valence-corrected chi connectivity index (χ2v) is 8.06. The average Bonchev–Trinajstić information content (AvgIpc) is 3.10. The molecule has 3 heterocycles. The molecule has 1 fully saturated rings. The molecule has 1 saturated heterocycles. The van der Waals surface area contributed by atoms with E-state index in [0.717, 1.165) is 42.8 Å². The Bertz CT molecular complexity index is 962. The van der Waals surface area contributed by atoms with Crippen LogP contribution in [0.15, 0.2) is 18.2 Å². The maximum atomic E-state index is 13.1. The van der Waals surface area contributed by atoms with Crippen molar-refractivity contribution in [2.24, 2.45) is 7.05 Å². The molecular weight excluding hydrogens is 382 g/mol. The number of methoxy groups -OCH3 is 1. The van der Waals surface area contributed by atoms with E-state index in [2.05, 4.69) is 10.4 Å². The zero-order valence-corrected chi connectivity index (χ0v) is 17.9. The van der Waals surface area contributed by atoms with Crippen molar-refractivity contribution in [3.8, 4) is 5.75 Å². The number of amides is 3. The highest BCUT2D eigenvalue weighted by Gasteiger charge is 2.31. The predicted octanol–water partition coefficient (Wildman–Crippen LogP) is 2.95. The molecule has 1 aromatic carbocycles. The fourth-order valence-corrected chi connectivity index (χ4v) is 4.30. The number of hydrogen-bond acceptors (Lipinski definition) is 4. The molecule has 0 spiro atoms. The van der Waals surface area contributed by atoms with Gasteiger partial charge < -0.3 is 19.9 Å². The van der Waals surface area contributed by atoms with Crippen LogP contribution in [0.4, 0.5) is 10.5 Å². The molecule has 2 aliphatic heterocycles. The van der Waals surface area contributed by atoms with Crippen LogP contribution in [0.5, 0.6) is 5.75 Å². The van der Waals surface area contributed by atoms with Crippen LogP contribution in [-0.4, -0.2) is 58.3 Å². The summed E-state index contributed by atoms with van der Waals surface area (Å²) in [4.78, 5) is 29.7. The van der Waals surface area contributed by atoms with Crippen LogP contribution in [0.3, 0.4) is 0 Å². The number of nitrogens with one attached hydrogen (secondary N) is 1. The fourth-order valence-electron chi connectivity index (χ4n) is 4.30. The minimum absolute atomic E-state index is 0.0193. The smallest absolute Gasteiger partial charge is 0.322 e. The third-order valence-corrected chi connectivity index (χ3v) is 5.97. The minimum atomic E-state index is -0.204. The lowest BCUT2D eigenvalue weighted by Crippen LogP contribution is -2.40. The van der Waals surface area contributed by atoms with Crippen LogP contribution in [-0.2, 0) is 20.0 Å². The van der Waals surface area contributed by atoms with Gasteiger partial charge in [-0.25, -0.2) is 4.79 Å². The highest BCUT2D eigenvalue weighted by atomic mass is 16.5. The first kappa shape index (κ1) is 20.3. The molecule has 3 amide bonds. The van der Waals surface area contributed by atoms with E-state index in [-0.39, 0.29) is 11.9 Å². The second-order valence-electron chi connectivity index (χ2n) is 8.06. The Labute approximate surface area is 176 Å². The van der Waals surface area contributed by atoms with Crippen molar-refractivity contribution in [1.82, 2.24) is 19.6 Å². The molecule has 0 radical (unpaired) electrons. The first-order valence-electron chi connectivity index (χ1n) is 10.5. The van der Waals surface area contributed by atoms with E-state index in [1.165, 1.54) is 6.42 Å². The SMILES string of the molecule is COc1ccc(C)cc1NC(=O)N1CCc2c(c(C(=O)N3CCCCC3)nn2C)C1. The number of carbonyl (C=O) groups is 2. The molecule has 4 rings (SSSR count). The van der Waals surface area contributed by atoms with Crippen molar-refractivity contribution < 1.29 is 14.3 Å². The van der Waals surface area contributed by atoms with Gasteiger partial charge >= 0.3 is 6.03 Å². The molecule has 8 heteroatoms. The van der Waals surface area contributed by atoms with Crippen molar-refractivity contribution in [1.29, 1.82) is 0 Å². The summed E-state index contributed by atoms with van der Waals surface area (Å²) in [5.74, 6) is 0.600. The van der Waals surface area contributed by atoms with Gasteiger partial charge in [-0.1, -0.05) is 6.07 Å². The number of rotatable bonds is 3. The normalized spacial score (nSPS) is 16.2. The van der Waals surface area contributed by atoms with Gasteiger partial charge in [0, 0.05) is 44.4 Å². The molecule has 8 nitrogen and oxygen atoms in total. The summed E-state index contributed by atoms with van der Waals surface area (Å²) in [5, 5.41) is 7.49. The van der Waals surface area contributed by atoms with Crippen LogP contribution in [0.1, 0.15) is 46.6 Å². The number of urea groups is 1. The van der Waals surface area contributed by atoms with E-state index in [9.17, 15) is 9.59 Å². The van der Waals surface area contributed by atoms with Gasteiger partial charge in [-0.15, -0.1) is 0 Å². The average molecular weight is 412 g/mol. The molecule has 2 aromatic rings. The standard InChI is InChI=1S/C22H29N5O3/c1-15-7-8-19(30-3)17(13-15)23-22(29)27-12-9-18-16(14-27)20(24-25(18)2)21(28)26-10-5-4-6-11-26/h7-8,13H,4-6,9-12,14H2,1-3H3,(H,23,29). The summed E-state index contributed by atoms with van der Waals surface area (Å²) in [6, 6.07) is 5.47. The molecule has 30 heavy (non-hydrogen) atoms. The lowest BCUT2D eigenvalue weighted by Gasteiger charge is -2.29. The summed E-state index contributed by atoms with van der Waals surface area (Å²) in [5.41, 5.74) is 4.07. The first-order valence-corrected chi connectivity index (χ1v) is 10.5. The van der Waals surface area contributed by atoms with Gasteiger partial charge in [0.15, 0.2) is 5.69 Å². The van der Waals surface area contributed by atoms with Crippen molar-refractivity contribution in [3.63, 3.8) is 0 Å². The lowest BCUT2D eigenvalue weighted by atomic mass is 10.0. The van der Waals surface area contributed by atoms with Crippen LogP contribution in [0, 0.1) is 6.92 Å². The number of aryl methyl sites for hydroxylation is 2. The number of benzene rings is 1. The van der Waals surface area contributed by atoms with Gasteiger partial charge in [0.2, 0.25) is 0 Å². The molecule has 0 unspecified atom stereocenters. The van der Waals surface area contributed by atoms with E-state index in [0.29, 0.717) is 36.6 Å². The molecule has 0 bridgehead atoms. The first-order chi connectivity index (χ1) is 14.5. The molecule has 1 N–H and O–H groups in total. The van der Waals surface area contributed by atoms with Crippen LogP contribution >= 0.6 is 0 Å². The maximum absolute atomic E-state index is 13.1. The third-order valence-electron chi connectivity index (χ3n) is 5.97. The minimum Gasteiger partial charge on any atom is -0.495 e. The van der Waals surface area contributed by atoms with Crippen molar-refractivity contribution in [2.75, 3.05) is 32.1 Å². The lowest BCUT2D eigenvalue weighted by molar-refractivity contribution is 0.0715. The number of likely N-dealkylation sites (tertiary alicyclic amines) is 1. The van der Waals surface area contributed by atoms with E-state index >= 15 is 0 Å². The molecule has 2 aliphatic rings. The van der Waals surface area contributed by atoms with Crippen LogP contribution in [0.25, 0.3) is 0 Å². The molecule has 0 saturated carbocycles. The number of hydrogen-bond donors (Lipinski definition) is 1. The Kier molecular flexibility index (Phi) is 5.65. The largest absolute Gasteiger partial charge is 0.495 e. The van der Waals surface area contributed by atoms with E-state index in [1.807, 2.05) is 37.1 Å². The summed E-state index contributed by atoms with van der Waals surface area (Å²) >= 11 is 0. The summed E-state index contributed by atoms with van der Waals surface area (Å²) in [6.07, 6.45) is 3.91. The van der Waals surface area contributed by atoms with E-state index in [4.69, 9.17) is 4.74 Å². The van der Waals surface area contributed by atoms with Gasteiger partial charge in [-0.05, 0) is 43.9 Å². The zero-order chi connectivity index (χ0) is 21.3. The molecule has 160 valence electrons. The van der Waals surface area contributed by atoms with Gasteiger partial charge in [0.25, 0.3) is 5.91 Å². The third kappa shape index (κ3) is 3.86. The predicted molar refractivity (Wildman–Crippen MR) is 114 cm³/mol. The number of aromatic nitrogens is 2. The number of carbonyl (C=O) groups excluding carboxylic acids is 2. The van der Waals surface area contributed by atoms with Gasteiger partial charge in [-0.2, -0.15) is 5.10 Å². The topological polar surface area (TPSA) is 79.7 Å². The highest BCUT2D eigenvalue weighted by molar-refractivity contribution is 5.95. The number of fused-ring (bicyclic) bond motifs is 1. The fraction of sp³-hybridized carbons (Fsp3) is 0.500. The van der Waals surface area contributed by atoms with Crippen molar-refractivity contribution >= 4 is 17.6 Å². The molecular formula is C22H29N5O3. The van der Waals surface area contributed by atoms with Gasteiger partial charge in [0.05, 0.1) is 19.3 Å². The molecule has 0 atom stereocenters. The van der Waals surface area contributed by atoms with Crippen molar-refractivity contribution in [3.05, 3.63) is 40.7 Å². The number of anilines is 1. The summed E-state index contributed by atoms with van der Waals surface area (Å²) < 4.78 is 7.17. The molecule has 1 aromatic heterocycles. The Morgan fingerprint density at radius 3 is 2.60 bits per heavy atom. The number of ether oxygens (including phenoxy) is 1. The Hall–Kier alpha value is -3.03. The van der Waals surface area contributed by atoms with Crippen LogP contribution < -0.4 is 10.1 Å². The summed E-state index contributed by atoms with van der Waals surface area (Å²) in [6.45, 7) is 4.47. The second kappa shape index (κ2) is 8.38. The monoisotopic (exact) mass is 411 g/mol. The quantitative estimate of drug-likeness (QED) is 0.842.